The summed E-state index contributed by atoms with van der Waals surface area (Å²) in [6.07, 6.45) is 6.98. The quantitative estimate of drug-likeness (QED) is 0.626. The second-order valence-electron chi connectivity index (χ2n) is 6.03. The van der Waals surface area contributed by atoms with Crippen molar-refractivity contribution in [3.8, 4) is 0 Å². The maximum atomic E-state index is 12.2. The predicted octanol–water partition coefficient (Wildman–Crippen LogP) is 2.15. The number of aryl methyl sites for hydroxylation is 1. The van der Waals surface area contributed by atoms with Crippen molar-refractivity contribution >= 4 is 21.7 Å². The third-order valence-corrected chi connectivity index (χ3v) is 6.03. The van der Waals surface area contributed by atoms with Gasteiger partial charge in [0.25, 0.3) is 0 Å². The summed E-state index contributed by atoms with van der Waals surface area (Å²) in [7, 11) is -2.97. The molecule has 0 amide bonds. The average Bonchev–Trinajstić information content (AvgIpc) is 3.05. The number of rotatable bonds is 4. The van der Waals surface area contributed by atoms with E-state index < -0.39 is 9.84 Å². The molecule has 0 bridgehead atoms. The molecule has 2 aromatic heterocycles. The molecule has 0 N–H and O–H groups in total. The number of hydrogen-bond acceptors (Lipinski definition) is 5. The molecule has 3 rings (SSSR count). The lowest BCUT2D eigenvalue weighted by atomic mass is 10.1. The second-order valence-corrected chi connectivity index (χ2v) is 8.25. The lowest BCUT2D eigenvalue weighted by Gasteiger charge is -2.10. The van der Waals surface area contributed by atoms with Gasteiger partial charge in [-0.05, 0) is 44.6 Å². The maximum absolute atomic E-state index is 12.2. The fourth-order valence-electron chi connectivity index (χ4n) is 3.00. The van der Waals surface area contributed by atoms with Crippen LogP contribution >= 0.6 is 0 Å². The first-order valence-corrected chi connectivity index (χ1v) is 9.58. The van der Waals surface area contributed by atoms with Gasteiger partial charge in [0.05, 0.1) is 23.2 Å². The van der Waals surface area contributed by atoms with Crippen LogP contribution in [0.2, 0.25) is 0 Å². The summed E-state index contributed by atoms with van der Waals surface area (Å²) in [6.45, 7) is 3.76. The van der Waals surface area contributed by atoms with Gasteiger partial charge in [0.15, 0.2) is 15.6 Å². The molecule has 1 atom stereocenters. The monoisotopic (exact) mass is 345 g/mol. The molecule has 3 heterocycles. The van der Waals surface area contributed by atoms with Crippen LogP contribution in [0.5, 0.6) is 0 Å². The summed E-state index contributed by atoms with van der Waals surface area (Å²) in [6, 6.07) is 3.31. The van der Waals surface area contributed by atoms with Gasteiger partial charge in [0.2, 0.25) is 0 Å². The molecule has 126 valence electrons. The predicted molar refractivity (Wildman–Crippen MR) is 91.6 cm³/mol. The van der Waals surface area contributed by atoms with E-state index in [1.165, 1.54) is 12.3 Å². The van der Waals surface area contributed by atoms with E-state index in [0.717, 1.165) is 17.0 Å². The summed E-state index contributed by atoms with van der Waals surface area (Å²) in [4.78, 5) is 16.1. The van der Waals surface area contributed by atoms with Crippen molar-refractivity contribution in [1.29, 1.82) is 0 Å². The van der Waals surface area contributed by atoms with E-state index in [2.05, 4.69) is 10.1 Å². The van der Waals surface area contributed by atoms with E-state index in [-0.39, 0.29) is 23.3 Å². The van der Waals surface area contributed by atoms with Crippen molar-refractivity contribution < 1.29 is 13.2 Å². The Kier molecular flexibility index (Phi) is 4.36. The normalized spacial score (nSPS) is 19.8. The average molecular weight is 345 g/mol. The first kappa shape index (κ1) is 16.6. The largest absolute Gasteiger partial charge is 0.289 e. The van der Waals surface area contributed by atoms with Crippen molar-refractivity contribution in [2.75, 3.05) is 11.5 Å². The fraction of sp³-hybridized carbons (Fsp3) is 0.353. The Hall–Kier alpha value is -2.28. The van der Waals surface area contributed by atoms with Crippen LogP contribution in [-0.2, 0) is 9.84 Å². The van der Waals surface area contributed by atoms with Crippen LogP contribution in [0.4, 0.5) is 0 Å². The van der Waals surface area contributed by atoms with Gasteiger partial charge in [-0.25, -0.2) is 8.42 Å². The standard InChI is InChI=1S/C17H19N3O3S/c1-12-16(5-6-17(21)14-4-3-8-18-10-14)13(2)20(19-12)15-7-9-24(22,23)11-15/h3-6,8,10,15H,7,9,11H2,1-2H3/b6-5+/t15-/m1/s1. The van der Waals surface area contributed by atoms with Crippen LogP contribution < -0.4 is 0 Å². The molecule has 1 saturated heterocycles. The Morgan fingerprint density at radius 1 is 1.38 bits per heavy atom. The van der Waals surface area contributed by atoms with Crippen molar-refractivity contribution in [2.24, 2.45) is 0 Å². The van der Waals surface area contributed by atoms with Gasteiger partial charge in [0.1, 0.15) is 0 Å². The van der Waals surface area contributed by atoms with Crippen LogP contribution in [0.1, 0.15) is 39.8 Å². The SMILES string of the molecule is Cc1nn([C@@H]2CCS(=O)(=O)C2)c(C)c1/C=C/C(=O)c1cccnc1. The number of carbonyl (C=O) groups is 1. The van der Waals surface area contributed by atoms with Crippen molar-refractivity contribution in [3.63, 3.8) is 0 Å². The Bertz CT molecular complexity index is 899. The first-order valence-electron chi connectivity index (χ1n) is 7.76. The minimum atomic E-state index is -2.97. The molecule has 2 aromatic rings. The number of aromatic nitrogens is 3. The van der Waals surface area contributed by atoms with Crippen molar-refractivity contribution in [2.45, 2.75) is 26.3 Å². The third kappa shape index (κ3) is 3.31. The number of allylic oxidation sites excluding steroid dienone is 1. The molecule has 7 heteroatoms. The Morgan fingerprint density at radius 3 is 2.79 bits per heavy atom. The number of pyridine rings is 1. The van der Waals surface area contributed by atoms with Gasteiger partial charge in [-0.3, -0.25) is 14.5 Å². The Morgan fingerprint density at radius 2 is 2.17 bits per heavy atom. The molecule has 1 fully saturated rings. The molecule has 0 aliphatic carbocycles. The molecule has 1 aliphatic rings. The molecule has 24 heavy (non-hydrogen) atoms. The topological polar surface area (TPSA) is 81.9 Å². The zero-order valence-electron chi connectivity index (χ0n) is 13.6. The van der Waals surface area contributed by atoms with Gasteiger partial charge in [0, 0.05) is 29.2 Å². The Balaban J connectivity index is 1.85. The molecule has 0 radical (unpaired) electrons. The summed E-state index contributed by atoms with van der Waals surface area (Å²) in [5.74, 6) is 0.214. The highest BCUT2D eigenvalue weighted by atomic mass is 32.2. The van der Waals surface area contributed by atoms with Crippen LogP contribution in [0, 0.1) is 13.8 Å². The van der Waals surface area contributed by atoms with Gasteiger partial charge < -0.3 is 0 Å². The molecule has 0 aromatic carbocycles. The van der Waals surface area contributed by atoms with Gasteiger partial charge >= 0.3 is 0 Å². The zero-order valence-corrected chi connectivity index (χ0v) is 14.5. The molecular formula is C17H19N3O3S. The van der Waals surface area contributed by atoms with Gasteiger partial charge in [-0.15, -0.1) is 0 Å². The molecular weight excluding hydrogens is 326 g/mol. The van der Waals surface area contributed by atoms with E-state index in [0.29, 0.717) is 12.0 Å². The number of ketones is 1. The van der Waals surface area contributed by atoms with E-state index in [1.807, 2.05) is 13.8 Å². The zero-order chi connectivity index (χ0) is 17.3. The van der Waals surface area contributed by atoms with E-state index in [1.54, 1.807) is 29.1 Å². The minimum Gasteiger partial charge on any atom is -0.289 e. The van der Waals surface area contributed by atoms with Crippen LogP contribution in [0.25, 0.3) is 6.08 Å². The highest BCUT2D eigenvalue weighted by Gasteiger charge is 2.31. The van der Waals surface area contributed by atoms with Crippen molar-refractivity contribution in [1.82, 2.24) is 14.8 Å². The summed E-state index contributed by atoms with van der Waals surface area (Å²) in [5, 5.41) is 4.49. The van der Waals surface area contributed by atoms with Gasteiger partial charge in [-0.1, -0.05) is 0 Å². The Labute approximate surface area is 141 Å². The third-order valence-electron chi connectivity index (χ3n) is 4.28. The fourth-order valence-corrected chi connectivity index (χ4v) is 4.70. The highest BCUT2D eigenvalue weighted by Crippen LogP contribution is 2.27. The number of carbonyl (C=O) groups excluding carboxylic acids is 1. The lowest BCUT2D eigenvalue weighted by molar-refractivity contribution is 0.104. The van der Waals surface area contributed by atoms with Crippen LogP contribution in [0.3, 0.4) is 0 Å². The molecule has 1 aliphatic heterocycles. The summed E-state index contributed by atoms with van der Waals surface area (Å²) >= 11 is 0. The lowest BCUT2D eigenvalue weighted by Crippen LogP contribution is -2.13. The van der Waals surface area contributed by atoms with E-state index in [4.69, 9.17) is 0 Å². The van der Waals surface area contributed by atoms with Crippen LogP contribution in [-0.4, -0.2) is 40.5 Å². The first-order chi connectivity index (χ1) is 11.4. The van der Waals surface area contributed by atoms with Crippen molar-refractivity contribution in [3.05, 3.63) is 53.1 Å². The van der Waals surface area contributed by atoms with E-state index >= 15 is 0 Å². The number of sulfone groups is 1. The summed E-state index contributed by atoms with van der Waals surface area (Å²) in [5.41, 5.74) is 3.05. The number of nitrogens with zero attached hydrogens (tertiary/aromatic N) is 3. The number of hydrogen-bond donors (Lipinski definition) is 0. The van der Waals surface area contributed by atoms with Crippen LogP contribution in [0.15, 0.2) is 30.6 Å². The van der Waals surface area contributed by atoms with E-state index in [9.17, 15) is 13.2 Å². The van der Waals surface area contributed by atoms with Gasteiger partial charge in [-0.2, -0.15) is 5.10 Å². The highest BCUT2D eigenvalue weighted by molar-refractivity contribution is 7.91. The smallest absolute Gasteiger partial charge is 0.187 e. The molecule has 0 spiro atoms. The molecule has 0 unspecified atom stereocenters. The second kappa shape index (κ2) is 6.32. The minimum absolute atomic E-state index is 0.120. The molecule has 6 nitrogen and oxygen atoms in total. The molecule has 0 saturated carbocycles. The summed E-state index contributed by atoms with van der Waals surface area (Å²) < 4.78 is 25.2. The maximum Gasteiger partial charge on any atom is 0.187 e.